The van der Waals surface area contributed by atoms with Crippen molar-refractivity contribution in [3.8, 4) is 17.2 Å². The third-order valence-electron chi connectivity index (χ3n) is 5.31. The molecule has 2 aromatic rings. The molecule has 1 fully saturated rings. The van der Waals surface area contributed by atoms with Crippen molar-refractivity contribution in [2.45, 2.75) is 6.54 Å². The van der Waals surface area contributed by atoms with Crippen LogP contribution in [0.5, 0.6) is 17.2 Å². The van der Waals surface area contributed by atoms with Gasteiger partial charge in [-0.05, 0) is 23.8 Å². The fourth-order valence-corrected chi connectivity index (χ4v) is 3.79. The quantitative estimate of drug-likeness (QED) is 0.650. The van der Waals surface area contributed by atoms with Crippen molar-refractivity contribution in [1.29, 1.82) is 0 Å². The Morgan fingerprint density at radius 1 is 1.03 bits per heavy atom. The third-order valence-corrected chi connectivity index (χ3v) is 5.68. The van der Waals surface area contributed by atoms with E-state index in [0.29, 0.717) is 40.9 Å². The summed E-state index contributed by atoms with van der Waals surface area (Å²) in [7, 11) is 4.47. The SMILES string of the molecule is COc1cc(C(=O)N(CC(=O)N2CCNCC2)Cc2ccccc2Cl)cc(OC)c1OC. The second-order valence-electron chi connectivity index (χ2n) is 7.30. The highest BCUT2D eigenvalue weighted by Crippen LogP contribution is 2.38. The van der Waals surface area contributed by atoms with Gasteiger partial charge in [0.05, 0.1) is 21.3 Å². The van der Waals surface area contributed by atoms with Gasteiger partial charge in [-0.1, -0.05) is 29.8 Å². The van der Waals surface area contributed by atoms with E-state index in [4.69, 9.17) is 25.8 Å². The summed E-state index contributed by atoms with van der Waals surface area (Å²) in [5, 5.41) is 3.76. The van der Waals surface area contributed by atoms with Gasteiger partial charge in [0, 0.05) is 43.3 Å². The van der Waals surface area contributed by atoms with Crippen LogP contribution in [-0.4, -0.2) is 75.7 Å². The Labute approximate surface area is 193 Å². The van der Waals surface area contributed by atoms with Crippen LogP contribution in [0.3, 0.4) is 0 Å². The fourth-order valence-electron chi connectivity index (χ4n) is 3.60. The van der Waals surface area contributed by atoms with Gasteiger partial charge in [-0.25, -0.2) is 0 Å². The highest BCUT2D eigenvalue weighted by molar-refractivity contribution is 6.31. The second kappa shape index (κ2) is 11.1. The molecule has 2 aromatic carbocycles. The van der Waals surface area contributed by atoms with E-state index in [1.165, 1.54) is 26.2 Å². The molecule has 0 aromatic heterocycles. The van der Waals surface area contributed by atoms with E-state index in [1.807, 2.05) is 18.2 Å². The molecule has 1 N–H and O–H groups in total. The van der Waals surface area contributed by atoms with E-state index in [1.54, 1.807) is 23.1 Å². The Bertz CT molecular complexity index is 937. The lowest BCUT2D eigenvalue weighted by Gasteiger charge is -2.31. The molecular weight excluding hydrogens is 434 g/mol. The van der Waals surface area contributed by atoms with Crippen LogP contribution in [0.15, 0.2) is 36.4 Å². The molecule has 172 valence electrons. The molecule has 0 unspecified atom stereocenters. The molecule has 9 heteroatoms. The van der Waals surface area contributed by atoms with Crippen LogP contribution in [0.1, 0.15) is 15.9 Å². The molecule has 0 radical (unpaired) electrons. The standard InChI is InChI=1S/C23H28ClN3O5/c1-30-19-12-17(13-20(31-2)22(19)32-3)23(29)27(14-16-6-4-5-7-18(16)24)15-21(28)26-10-8-25-9-11-26/h4-7,12-13,25H,8-11,14-15H2,1-3H3. The third kappa shape index (κ3) is 5.44. The summed E-state index contributed by atoms with van der Waals surface area (Å²) in [4.78, 5) is 29.8. The number of nitrogens with one attached hydrogen (secondary N) is 1. The van der Waals surface area contributed by atoms with Crippen molar-refractivity contribution < 1.29 is 23.8 Å². The molecule has 1 saturated heterocycles. The number of hydrogen-bond acceptors (Lipinski definition) is 6. The molecule has 0 saturated carbocycles. The van der Waals surface area contributed by atoms with Crippen LogP contribution in [0.2, 0.25) is 5.02 Å². The largest absolute Gasteiger partial charge is 0.493 e. The normalized spacial score (nSPS) is 13.4. The zero-order chi connectivity index (χ0) is 23.1. The number of nitrogens with zero attached hydrogens (tertiary/aromatic N) is 2. The summed E-state index contributed by atoms with van der Waals surface area (Å²) in [5.41, 5.74) is 1.07. The van der Waals surface area contributed by atoms with E-state index >= 15 is 0 Å². The van der Waals surface area contributed by atoms with Crippen LogP contribution < -0.4 is 19.5 Å². The van der Waals surface area contributed by atoms with Crippen molar-refractivity contribution in [3.05, 3.63) is 52.5 Å². The number of piperazine rings is 1. The van der Waals surface area contributed by atoms with Crippen LogP contribution in [-0.2, 0) is 11.3 Å². The molecular formula is C23H28ClN3O5. The van der Waals surface area contributed by atoms with Crippen molar-refractivity contribution in [2.75, 3.05) is 54.1 Å². The monoisotopic (exact) mass is 461 g/mol. The van der Waals surface area contributed by atoms with Gasteiger partial charge in [0.25, 0.3) is 5.91 Å². The number of amides is 2. The zero-order valence-corrected chi connectivity index (χ0v) is 19.3. The molecule has 3 rings (SSSR count). The summed E-state index contributed by atoms with van der Waals surface area (Å²) >= 11 is 6.34. The van der Waals surface area contributed by atoms with Gasteiger partial charge in [0.1, 0.15) is 6.54 Å². The minimum absolute atomic E-state index is 0.0687. The van der Waals surface area contributed by atoms with Gasteiger partial charge in [-0.3, -0.25) is 9.59 Å². The van der Waals surface area contributed by atoms with E-state index in [2.05, 4.69) is 5.32 Å². The van der Waals surface area contributed by atoms with Crippen LogP contribution in [0.25, 0.3) is 0 Å². The molecule has 1 aliphatic heterocycles. The van der Waals surface area contributed by atoms with Crippen molar-refractivity contribution in [3.63, 3.8) is 0 Å². The Kier molecular flexibility index (Phi) is 8.19. The van der Waals surface area contributed by atoms with E-state index in [-0.39, 0.29) is 24.9 Å². The average Bonchev–Trinajstić information content (AvgIpc) is 2.83. The average molecular weight is 462 g/mol. The molecule has 8 nitrogen and oxygen atoms in total. The summed E-state index contributed by atoms with van der Waals surface area (Å²) in [5.74, 6) is 0.663. The maximum Gasteiger partial charge on any atom is 0.254 e. The first kappa shape index (κ1) is 23.7. The van der Waals surface area contributed by atoms with Gasteiger partial charge in [-0.15, -0.1) is 0 Å². The Morgan fingerprint density at radius 2 is 1.66 bits per heavy atom. The molecule has 0 bridgehead atoms. The minimum Gasteiger partial charge on any atom is -0.493 e. The van der Waals surface area contributed by atoms with Crippen molar-refractivity contribution in [2.24, 2.45) is 0 Å². The van der Waals surface area contributed by atoms with Gasteiger partial charge in [0.2, 0.25) is 11.7 Å². The number of carbonyl (C=O) groups excluding carboxylic acids is 2. The van der Waals surface area contributed by atoms with Crippen LogP contribution in [0, 0.1) is 0 Å². The number of rotatable bonds is 8. The molecule has 0 atom stereocenters. The topological polar surface area (TPSA) is 80.3 Å². The van der Waals surface area contributed by atoms with Crippen molar-refractivity contribution >= 4 is 23.4 Å². The number of methoxy groups -OCH3 is 3. The predicted octanol–water partition coefficient (Wildman–Crippen LogP) is 2.44. The lowest BCUT2D eigenvalue weighted by Crippen LogP contribution is -2.50. The maximum atomic E-state index is 13.6. The molecule has 32 heavy (non-hydrogen) atoms. The Balaban J connectivity index is 1.93. The molecule has 0 spiro atoms. The molecule has 0 aliphatic carbocycles. The first-order valence-electron chi connectivity index (χ1n) is 10.3. The van der Waals surface area contributed by atoms with Gasteiger partial charge in [0.15, 0.2) is 11.5 Å². The number of carbonyl (C=O) groups is 2. The Morgan fingerprint density at radius 3 is 2.22 bits per heavy atom. The smallest absolute Gasteiger partial charge is 0.254 e. The second-order valence-corrected chi connectivity index (χ2v) is 7.70. The summed E-state index contributed by atoms with van der Waals surface area (Å²) in [6, 6.07) is 10.4. The summed E-state index contributed by atoms with van der Waals surface area (Å²) in [6.07, 6.45) is 0. The minimum atomic E-state index is -0.340. The van der Waals surface area contributed by atoms with Gasteiger partial charge >= 0.3 is 0 Å². The lowest BCUT2D eigenvalue weighted by molar-refractivity contribution is -0.132. The van der Waals surface area contributed by atoms with E-state index < -0.39 is 0 Å². The number of hydrogen-bond donors (Lipinski definition) is 1. The fraction of sp³-hybridized carbons (Fsp3) is 0.391. The van der Waals surface area contributed by atoms with Crippen LogP contribution in [0.4, 0.5) is 0 Å². The highest BCUT2D eigenvalue weighted by Gasteiger charge is 2.26. The zero-order valence-electron chi connectivity index (χ0n) is 18.5. The van der Waals surface area contributed by atoms with Crippen LogP contribution >= 0.6 is 11.6 Å². The molecule has 2 amide bonds. The maximum absolute atomic E-state index is 13.6. The van der Waals surface area contributed by atoms with E-state index in [9.17, 15) is 9.59 Å². The number of halogens is 1. The Hall–Kier alpha value is -2.97. The molecule has 1 aliphatic rings. The summed E-state index contributed by atoms with van der Waals surface area (Å²) in [6.45, 7) is 2.80. The predicted molar refractivity (Wildman–Crippen MR) is 122 cm³/mol. The molecule has 1 heterocycles. The van der Waals surface area contributed by atoms with Crippen molar-refractivity contribution in [1.82, 2.24) is 15.1 Å². The first-order valence-corrected chi connectivity index (χ1v) is 10.7. The number of benzene rings is 2. The highest BCUT2D eigenvalue weighted by atomic mass is 35.5. The first-order chi connectivity index (χ1) is 15.5. The number of ether oxygens (including phenoxy) is 3. The summed E-state index contributed by atoms with van der Waals surface area (Å²) < 4.78 is 16.1. The lowest BCUT2D eigenvalue weighted by atomic mass is 10.1. The van der Waals surface area contributed by atoms with Gasteiger partial charge < -0.3 is 29.3 Å². The van der Waals surface area contributed by atoms with E-state index in [0.717, 1.165) is 18.7 Å². The van der Waals surface area contributed by atoms with Gasteiger partial charge in [-0.2, -0.15) is 0 Å².